The first-order valence-electron chi connectivity index (χ1n) is 10.3. The Morgan fingerprint density at radius 2 is 1.81 bits per heavy atom. The van der Waals surface area contributed by atoms with Crippen molar-refractivity contribution >= 4 is 29.3 Å². The third-order valence-electron chi connectivity index (χ3n) is 5.65. The smallest absolute Gasteiger partial charge is 0.262 e. The number of hydrogen-bond acceptors (Lipinski definition) is 6. The summed E-state index contributed by atoms with van der Waals surface area (Å²) in [6.07, 6.45) is 1.18. The molecule has 0 spiro atoms. The first-order chi connectivity index (χ1) is 15.0. The monoisotopic (exact) mass is 420 g/mol. The second-order valence-corrected chi connectivity index (χ2v) is 7.69. The van der Waals surface area contributed by atoms with E-state index in [1.807, 2.05) is 19.2 Å². The van der Waals surface area contributed by atoms with E-state index in [1.54, 1.807) is 18.2 Å². The van der Waals surface area contributed by atoms with Crippen LogP contribution in [0.2, 0.25) is 0 Å². The highest BCUT2D eigenvalue weighted by atomic mass is 16.2. The number of hydrogen-bond donors (Lipinski definition) is 3. The molecule has 4 amide bonds. The number of rotatable bonds is 7. The molecule has 0 radical (unpaired) electrons. The molecule has 4 rings (SSSR count). The van der Waals surface area contributed by atoms with Gasteiger partial charge in [0.15, 0.2) is 0 Å². The van der Waals surface area contributed by atoms with E-state index in [-0.39, 0.29) is 24.3 Å². The molecule has 2 aliphatic heterocycles. The van der Waals surface area contributed by atoms with Crippen molar-refractivity contribution in [3.8, 4) is 0 Å². The largest absolute Gasteiger partial charge is 0.381 e. The van der Waals surface area contributed by atoms with Crippen molar-refractivity contribution in [1.82, 2.24) is 15.5 Å². The van der Waals surface area contributed by atoms with E-state index in [0.29, 0.717) is 17.7 Å². The van der Waals surface area contributed by atoms with Gasteiger partial charge in [0.2, 0.25) is 11.8 Å². The molecule has 8 heteroatoms. The lowest BCUT2D eigenvalue weighted by molar-refractivity contribution is -0.136. The summed E-state index contributed by atoms with van der Waals surface area (Å²) in [6.45, 7) is 1.27. The summed E-state index contributed by atoms with van der Waals surface area (Å²) in [7, 11) is 1.92. The molecule has 31 heavy (non-hydrogen) atoms. The van der Waals surface area contributed by atoms with E-state index in [4.69, 9.17) is 0 Å². The number of carbonyl (C=O) groups excluding carboxylic acids is 4. The second-order valence-electron chi connectivity index (χ2n) is 7.69. The van der Waals surface area contributed by atoms with Crippen LogP contribution in [-0.4, -0.2) is 48.2 Å². The van der Waals surface area contributed by atoms with Crippen LogP contribution in [0.4, 0.5) is 5.69 Å². The molecule has 1 atom stereocenters. The SMILES string of the molecule is CNCCc1ccc(NCc2cccc3c2C(=O)N(C2CCC(=O)NC2=O)C3=O)cc1. The van der Waals surface area contributed by atoms with E-state index in [9.17, 15) is 19.2 Å². The quantitative estimate of drug-likeness (QED) is 0.586. The number of anilines is 1. The van der Waals surface area contributed by atoms with Crippen molar-refractivity contribution in [2.75, 3.05) is 18.9 Å². The molecule has 1 saturated heterocycles. The van der Waals surface area contributed by atoms with Gasteiger partial charge in [0, 0.05) is 18.7 Å². The van der Waals surface area contributed by atoms with Gasteiger partial charge < -0.3 is 10.6 Å². The first-order valence-corrected chi connectivity index (χ1v) is 10.3. The lowest BCUT2D eigenvalue weighted by Crippen LogP contribution is -2.54. The molecule has 1 unspecified atom stereocenters. The third-order valence-corrected chi connectivity index (χ3v) is 5.65. The minimum Gasteiger partial charge on any atom is -0.381 e. The Hall–Kier alpha value is -3.52. The molecule has 2 aliphatic rings. The number of benzene rings is 2. The standard InChI is InChI=1S/C23H24N4O4/c1-24-12-11-14-5-7-16(8-6-14)25-13-15-3-2-4-17-20(15)23(31)27(22(17)30)18-9-10-19(28)26-21(18)29/h2-8,18,24-25H,9-13H2,1H3,(H,26,28,29). The Balaban J connectivity index is 1.51. The number of piperidine rings is 1. The summed E-state index contributed by atoms with van der Waals surface area (Å²) in [5, 5.41) is 8.63. The minimum absolute atomic E-state index is 0.0997. The van der Waals surface area contributed by atoms with Crippen LogP contribution in [0.3, 0.4) is 0 Å². The molecule has 1 fully saturated rings. The topological polar surface area (TPSA) is 108 Å². The van der Waals surface area contributed by atoms with Crippen molar-refractivity contribution in [3.05, 3.63) is 64.7 Å². The molecular formula is C23H24N4O4. The molecule has 8 nitrogen and oxygen atoms in total. The predicted molar refractivity (Wildman–Crippen MR) is 115 cm³/mol. The maximum atomic E-state index is 13.1. The molecular weight excluding hydrogens is 396 g/mol. The van der Waals surface area contributed by atoms with E-state index >= 15 is 0 Å². The van der Waals surface area contributed by atoms with Gasteiger partial charge in [0.25, 0.3) is 11.8 Å². The van der Waals surface area contributed by atoms with E-state index in [1.165, 1.54) is 5.56 Å². The molecule has 2 aromatic rings. The zero-order chi connectivity index (χ0) is 22.0. The van der Waals surface area contributed by atoms with E-state index < -0.39 is 23.8 Å². The van der Waals surface area contributed by atoms with Gasteiger partial charge in [0.05, 0.1) is 11.1 Å². The minimum atomic E-state index is -0.962. The van der Waals surface area contributed by atoms with Gasteiger partial charge in [-0.15, -0.1) is 0 Å². The molecule has 2 aromatic carbocycles. The Kier molecular flexibility index (Phi) is 5.81. The second kappa shape index (κ2) is 8.69. The fourth-order valence-corrected chi connectivity index (χ4v) is 3.99. The van der Waals surface area contributed by atoms with Gasteiger partial charge >= 0.3 is 0 Å². The van der Waals surface area contributed by atoms with Crippen molar-refractivity contribution in [3.63, 3.8) is 0 Å². The number of fused-ring (bicyclic) bond motifs is 1. The Morgan fingerprint density at radius 1 is 1.03 bits per heavy atom. The summed E-state index contributed by atoms with van der Waals surface area (Å²) >= 11 is 0. The average molecular weight is 420 g/mol. The summed E-state index contributed by atoms with van der Waals surface area (Å²) in [5.74, 6) is -1.98. The van der Waals surface area contributed by atoms with Crippen molar-refractivity contribution in [2.45, 2.75) is 31.8 Å². The third kappa shape index (κ3) is 4.06. The Bertz CT molecular complexity index is 1050. The first kappa shape index (κ1) is 20.7. The Labute approximate surface area is 180 Å². The van der Waals surface area contributed by atoms with Gasteiger partial charge in [-0.2, -0.15) is 0 Å². The highest BCUT2D eigenvalue weighted by molar-refractivity contribution is 6.24. The van der Waals surface area contributed by atoms with Gasteiger partial charge in [-0.05, 0) is 55.8 Å². The summed E-state index contributed by atoms with van der Waals surface area (Å²) in [4.78, 5) is 50.7. The highest BCUT2D eigenvalue weighted by Gasteiger charge is 2.45. The molecule has 0 aromatic heterocycles. The zero-order valence-corrected chi connectivity index (χ0v) is 17.2. The summed E-state index contributed by atoms with van der Waals surface area (Å²) < 4.78 is 0. The van der Waals surface area contributed by atoms with E-state index in [2.05, 4.69) is 28.1 Å². The Morgan fingerprint density at radius 3 is 2.52 bits per heavy atom. The number of nitrogens with zero attached hydrogens (tertiary/aromatic N) is 1. The number of imide groups is 2. The van der Waals surface area contributed by atoms with Crippen LogP contribution in [0.15, 0.2) is 42.5 Å². The van der Waals surface area contributed by atoms with Crippen LogP contribution in [0.5, 0.6) is 0 Å². The van der Waals surface area contributed by atoms with Crippen LogP contribution in [0.25, 0.3) is 0 Å². The summed E-state index contributed by atoms with van der Waals surface area (Å²) in [5.41, 5.74) is 3.42. The molecule has 0 aliphatic carbocycles. The normalized spacial score (nSPS) is 18.2. The van der Waals surface area contributed by atoms with Gasteiger partial charge in [-0.1, -0.05) is 24.3 Å². The number of carbonyl (C=O) groups is 4. The van der Waals surface area contributed by atoms with Crippen molar-refractivity contribution < 1.29 is 19.2 Å². The maximum absolute atomic E-state index is 13.1. The summed E-state index contributed by atoms with van der Waals surface area (Å²) in [6, 6.07) is 12.2. The highest BCUT2D eigenvalue weighted by Crippen LogP contribution is 2.30. The zero-order valence-electron chi connectivity index (χ0n) is 17.2. The molecule has 160 valence electrons. The fourth-order valence-electron chi connectivity index (χ4n) is 3.99. The molecule has 2 heterocycles. The lowest BCUT2D eigenvalue weighted by atomic mass is 10.0. The van der Waals surface area contributed by atoms with Crippen LogP contribution >= 0.6 is 0 Å². The van der Waals surface area contributed by atoms with Crippen LogP contribution in [0, 0.1) is 0 Å². The average Bonchev–Trinajstić information content (AvgIpc) is 3.02. The molecule has 0 bridgehead atoms. The maximum Gasteiger partial charge on any atom is 0.262 e. The number of amides is 4. The van der Waals surface area contributed by atoms with Crippen molar-refractivity contribution in [2.24, 2.45) is 0 Å². The van der Waals surface area contributed by atoms with Crippen molar-refractivity contribution in [1.29, 1.82) is 0 Å². The van der Waals surface area contributed by atoms with Crippen LogP contribution < -0.4 is 16.0 Å². The predicted octanol–water partition coefficient (Wildman–Crippen LogP) is 1.46. The van der Waals surface area contributed by atoms with Crippen LogP contribution in [0.1, 0.15) is 44.7 Å². The fraction of sp³-hybridized carbons (Fsp3) is 0.304. The van der Waals surface area contributed by atoms with Gasteiger partial charge in [0.1, 0.15) is 6.04 Å². The van der Waals surface area contributed by atoms with E-state index in [0.717, 1.165) is 23.6 Å². The van der Waals surface area contributed by atoms with Gasteiger partial charge in [-0.3, -0.25) is 29.4 Å². The number of likely N-dealkylation sites (N-methyl/N-ethyl adjacent to an activating group) is 1. The van der Waals surface area contributed by atoms with Gasteiger partial charge in [-0.25, -0.2) is 0 Å². The molecule has 0 saturated carbocycles. The lowest BCUT2D eigenvalue weighted by Gasteiger charge is -2.27. The van der Waals surface area contributed by atoms with Crippen LogP contribution in [-0.2, 0) is 22.6 Å². The molecule has 3 N–H and O–H groups in total. The number of nitrogens with one attached hydrogen (secondary N) is 3.